The molecule has 1 fully saturated rings. The van der Waals surface area contributed by atoms with Crippen molar-refractivity contribution in [1.82, 2.24) is 10.7 Å². The van der Waals surface area contributed by atoms with E-state index in [9.17, 15) is 19.2 Å². The van der Waals surface area contributed by atoms with Crippen LogP contribution in [0.25, 0.3) is 0 Å². The molecular weight excluding hydrogens is 398 g/mol. The molecule has 5 atom stereocenters. The van der Waals surface area contributed by atoms with Crippen LogP contribution in [-0.4, -0.2) is 66.2 Å². The molecule has 0 bridgehead atoms. The molecule has 158 valence electrons. The first-order valence-electron chi connectivity index (χ1n) is 8.12. The highest BCUT2D eigenvalue weighted by Gasteiger charge is 2.52. The molecule has 0 saturated carbocycles. The Bertz CT molecular complexity index is 630. The van der Waals surface area contributed by atoms with Crippen LogP contribution < -0.4 is 16.6 Å². The molecule has 0 amide bonds. The van der Waals surface area contributed by atoms with Gasteiger partial charge in [-0.1, -0.05) is 0 Å². The number of carbonyl (C=O) groups is 4. The Morgan fingerprint density at radius 3 is 1.86 bits per heavy atom. The highest BCUT2D eigenvalue weighted by Crippen LogP contribution is 2.28. The van der Waals surface area contributed by atoms with Gasteiger partial charge in [-0.3, -0.25) is 19.2 Å². The molecule has 0 radical (unpaired) electrons. The fourth-order valence-corrected chi connectivity index (χ4v) is 2.63. The molecule has 13 heteroatoms. The van der Waals surface area contributed by atoms with Gasteiger partial charge in [-0.05, 0) is 12.2 Å². The second-order valence-electron chi connectivity index (χ2n) is 5.74. The number of hydrogen-bond donors (Lipinski definition) is 3. The van der Waals surface area contributed by atoms with Crippen molar-refractivity contribution in [1.29, 1.82) is 0 Å². The normalized spacial score (nSPS) is 26.4. The van der Waals surface area contributed by atoms with Gasteiger partial charge in [0.05, 0.1) is 0 Å². The third-order valence-corrected chi connectivity index (χ3v) is 3.63. The number of esters is 4. The van der Waals surface area contributed by atoms with Gasteiger partial charge in [0, 0.05) is 27.7 Å². The van der Waals surface area contributed by atoms with Gasteiger partial charge < -0.3 is 34.4 Å². The van der Waals surface area contributed by atoms with E-state index in [-0.39, 0.29) is 11.7 Å². The van der Waals surface area contributed by atoms with E-state index in [1.54, 1.807) is 0 Å². The van der Waals surface area contributed by atoms with E-state index in [0.717, 1.165) is 20.8 Å². The summed E-state index contributed by atoms with van der Waals surface area (Å²) in [5.74, 6) is 2.46. The topological polar surface area (TPSA) is 165 Å². The first-order chi connectivity index (χ1) is 13.0. The van der Waals surface area contributed by atoms with Crippen LogP contribution >= 0.6 is 12.2 Å². The molecule has 1 aliphatic heterocycles. The molecule has 4 N–H and O–H groups in total. The lowest BCUT2D eigenvalue weighted by atomic mass is 9.97. The molecule has 0 aromatic carbocycles. The van der Waals surface area contributed by atoms with Crippen LogP contribution in [0.2, 0.25) is 0 Å². The zero-order valence-electron chi connectivity index (χ0n) is 15.8. The molecule has 0 aromatic heterocycles. The van der Waals surface area contributed by atoms with Crippen LogP contribution in [0.5, 0.6) is 0 Å². The average molecular weight is 421 g/mol. The minimum atomic E-state index is -1.28. The van der Waals surface area contributed by atoms with Crippen LogP contribution in [-0.2, 0) is 42.9 Å². The zero-order valence-corrected chi connectivity index (χ0v) is 16.6. The first-order valence-corrected chi connectivity index (χ1v) is 8.53. The van der Waals surface area contributed by atoms with E-state index < -0.39 is 54.5 Å². The van der Waals surface area contributed by atoms with Crippen molar-refractivity contribution in [2.24, 2.45) is 5.84 Å². The molecule has 28 heavy (non-hydrogen) atoms. The zero-order chi connectivity index (χ0) is 21.4. The lowest BCUT2D eigenvalue weighted by Crippen LogP contribution is -2.67. The highest BCUT2D eigenvalue weighted by molar-refractivity contribution is 7.80. The van der Waals surface area contributed by atoms with E-state index in [2.05, 4.69) is 10.7 Å². The predicted molar refractivity (Wildman–Crippen MR) is 95.0 cm³/mol. The van der Waals surface area contributed by atoms with Gasteiger partial charge in [0.25, 0.3) is 0 Å². The number of nitrogens with two attached hydrogens (primary N) is 1. The number of hydrogen-bond acceptors (Lipinski definition) is 11. The van der Waals surface area contributed by atoms with Crippen LogP contribution in [0.3, 0.4) is 0 Å². The van der Waals surface area contributed by atoms with Crippen molar-refractivity contribution in [2.75, 3.05) is 6.61 Å². The van der Waals surface area contributed by atoms with Gasteiger partial charge in [-0.2, -0.15) is 0 Å². The fourth-order valence-electron chi connectivity index (χ4n) is 2.52. The minimum absolute atomic E-state index is 0.0686. The summed E-state index contributed by atoms with van der Waals surface area (Å²) in [5.41, 5.74) is 2.17. The van der Waals surface area contributed by atoms with E-state index in [1.807, 2.05) is 0 Å². The predicted octanol–water partition coefficient (Wildman–Crippen LogP) is -1.59. The number of nitrogens with one attached hydrogen (secondary N) is 2. The summed E-state index contributed by atoms with van der Waals surface area (Å²) in [6.45, 7) is 4.23. The summed E-state index contributed by atoms with van der Waals surface area (Å²) in [4.78, 5) is 45.9. The van der Waals surface area contributed by atoms with Crippen molar-refractivity contribution in [2.45, 2.75) is 58.3 Å². The monoisotopic (exact) mass is 421 g/mol. The van der Waals surface area contributed by atoms with Crippen LogP contribution in [0, 0.1) is 0 Å². The first kappa shape index (κ1) is 23.5. The SMILES string of the molecule is CC(=O)OC[C@@H]1O[C@H](NC(=S)NN)[C@@H](OC(C)=O)[C@H](OC(C)=O)[C@H]1OC(C)=O. The third kappa shape index (κ3) is 7.25. The maximum Gasteiger partial charge on any atom is 0.303 e. The number of carbonyl (C=O) groups excluding carboxylic acids is 4. The average Bonchev–Trinajstić information content (AvgIpc) is 2.57. The van der Waals surface area contributed by atoms with E-state index in [1.165, 1.54) is 6.92 Å². The molecular formula is C15H23N3O9S. The molecule has 0 spiro atoms. The Morgan fingerprint density at radius 2 is 1.39 bits per heavy atom. The number of hydrazine groups is 1. The van der Waals surface area contributed by atoms with Crippen molar-refractivity contribution in [3.8, 4) is 0 Å². The van der Waals surface area contributed by atoms with Crippen molar-refractivity contribution < 1.29 is 42.9 Å². The summed E-state index contributed by atoms with van der Waals surface area (Å²) < 4.78 is 26.4. The van der Waals surface area contributed by atoms with E-state index in [0.29, 0.717) is 0 Å². The highest BCUT2D eigenvalue weighted by atomic mass is 32.1. The molecule has 1 rings (SSSR count). The smallest absolute Gasteiger partial charge is 0.303 e. The van der Waals surface area contributed by atoms with Crippen LogP contribution in [0.15, 0.2) is 0 Å². The van der Waals surface area contributed by atoms with Crippen molar-refractivity contribution in [3.63, 3.8) is 0 Å². The molecule has 0 aromatic rings. The summed E-state index contributed by atoms with van der Waals surface area (Å²) in [6.07, 6.45) is -6.00. The second kappa shape index (κ2) is 10.7. The molecule has 0 aliphatic carbocycles. The van der Waals surface area contributed by atoms with Crippen LogP contribution in [0.1, 0.15) is 27.7 Å². The Labute approximate surface area is 166 Å². The standard InChI is InChI=1S/C15H23N3O9S/c1-6(19)23-5-10-11(24-7(2)20)12(25-8(3)21)13(26-9(4)22)14(27-10)17-15(28)18-16/h10-14H,5,16H2,1-4H3,(H2,17,18,28)/t10-,11-,12+,13-,14-/m0/s1. The molecule has 1 saturated heterocycles. The molecule has 1 heterocycles. The quantitative estimate of drug-likeness (QED) is 0.148. The van der Waals surface area contributed by atoms with Crippen LogP contribution in [0.4, 0.5) is 0 Å². The summed E-state index contributed by atoms with van der Waals surface area (Å²) in [5, 5.41) is 2.57. The Kier molecular flexibility index (Phi) is 9.02. The number of thiocarbonyl (C=S) groups is 1. The van der Waals surface area contributed by atoms with Crippen molar-refractivity contribution in [3.05, 3.63) is 0 Å². The number of ether oxygens (including phenoxy) is 5. The fraction of sp³-hybridized carbons (Fsp3) is 0.667. The van der Waals surface area contributed by atoms with E-state index in [4.69, 9.17) is 41.7 Å². The largest absolute Gasteiger partial charge is 0.463 e. The van der Waals surface area contributed by atoms with Gasteiger partial charge in [0.15, 0.2) is 29.7 Å². The summed E-state index contributed by atoms with van der Waals surface area (Å²) >= 11 is 4.93. The summed E-state index contributed by atoms with van der Waals surface area (Å²) in [7, 11) is 0. The lowest BCUT2D eigenvalue weighted by molar-refractivity contribution is -0.254. The maximum absolute atomic E-state index is 11.6. The van der Waals surface area contributed by atoms with Gasteiger partial charge >= 0.3 is 23.9 Å². The second-order valence-corrected chi connectivity index (χ2v) is 6.15. The van der Waals surface area contributed by atoms with Gasteiger partial charge in [-0.25, -0.2) is 5.84 Å². The van der Waals surface area contributed by atoms with Gasteiger partial charge in [0.1, 0.15) is 12.7 Å². The lowest BCUT2D eigenvalue weighted by Gasteiger charge is -2.44. The third-order valence-electron chi connectivity index (χ3n) is 3.40. The van der Waals surface area contributed by atoms with Gasteiger partial charge in [0.2, 0.25) is 0 Å². The van der Waals surface area contributed by atoms with Crippen molar-refractivity contribution >= 4 is 41.2 Å². The Morgan fingerprint density at radius 1 is 0.893 bits per heavy atom. The maximum atomic E-state index is 11.6. The molecule has 1 aliphatic rings. The molecule has 12 nitrogen and oxygen atoms in total. The molecule has 0 unspecified atom stereocenters. The Balaban J connectivity index is 3.30. The number of rotatable bonds is 6. The minimum Gasteiger partial charge on any atom is -0.463 e. The van der Waals surface area contributed by atoms with E-state index >= 15 is 0 Å². The Hall–Kier alpha value is -2.51. The summed E-state index contributed by atoms with van der Waals surface area (Å²) in [6, 6.07) is 0. The van der Waals surface area contributed by atoms with Gasteiger partial charge in [-0.15, -0.1) is 0 Å².